The predicted octanol–water partition coefficient (Wildman–Crippen LogP) is 2.78. The molecule has 0 spiro atoms. The highest BCUT2D eigenvalue weighted by molar-refractivity contribution is 8.00. The lowest BCUT2D eigenvalue weighted by Crippen LogP contribution is -2.53. The van der Waals surface area contributed by atoms with Crippen LogP contribution in [-0.2, 0) is 4.79 Å². The SMILES string of the molecule is CCNC1(C(N)=O)CCC(Sc2ccc(C)c(C)c2)C1. The van der Waals surface area contributed by atoms with Crippen molar-refractivity contribution in [3.63, 3.8) is 0 Å². The Bertz CT molecular complexity index is 503. The number of likely N-dealkylation sites (N-methyl/N-ethyl adjacent to an activating group) is 1. The van der Waals surface area contributed by atoms with Gasteiger partial charge in [-0.15, -0.1) is 11.8 Å². The molecule has 0 heterocycles. The summed E-state index contributed by atoms with van der Waals surface area (Å²) in [5, 5.41) is 3.77. The summed E-state index contributed by atoms with van der Waals surface area (Å²) in [5.41, 5.74) is 7.75. The minimum Gasteiger partial charge on any atom is -0.368 e. The van der Waals surface area contributed by atoms with Gasteiger partial charge in [0.25, 0.3) is 0 Å². The molecule has 2 rings (SSSR count). The minimum absolute atomic E-state index is 0.206. The van der Waals surface area contributed by atoms with Crippen LogP contribution < -0.4 is 11.1 Å². The van der Waals surface area contributed by atoms with Crippen molar-refractivity contribution in [1.82, 2.24) is 5.32 Å². The Labute approximate surface area is 125 Å². The molecule has 2 atom stereocenters. The number of hydrogen-bond donors (Lipinski definition) is 2. The molecule has 0 aliphatic heterocycles. The van der Waals surface area contributed by atoms with Crippen molar-refractivity contribution in [2.75, 3.05) is 6.54 Å². The number of carbonyl (C=O) groups is 1. The van der Waals surface area contributed by atoms with E-state index in [2.05, 4.69) is 37.4 Å². The standard InChI is InChI=1S/C16H24N2OS/c1-4-18-16(15(17)19)8-7-14(10-16)20-13-6-5-11(2)12(3)9-13/h5-6,9,14,18H,4,7-8,10H2,1-3H3,(H2,17,19). The van der Waals surface area contributed by atoms with Crippen LogP contribution in [0.3, 0.4) is 0 Å². The molecule has 20 heavy (non-hydrogen) atoms. The van der Waals surface area contributed by atoms with Crippen LogP contribution in [0.4, 0.5) is 0 Å². The average Bonchev–Trinajstić information content (AvgIpc) is 2.79. The fourth-order valence-electron chi connectivity index (χ4n) is 2.89. The van der Waals surface area contributed by atoms with Crippen molar-refractivity contribution in [3.05, 3.63) is 29.3 Å². The van der Waals surface area contributed by atoms with E-state index in [4.69, 9.17) is 5.73 Å². The maximum atomic E-state index is 11.8. The van der Waals surface area contributed by atoms with Gasteiger partial charge in [0, 0.05) is 10.1 Å². The van der Waals surface area contributed by atoms with Crippen molar-refractivity contribution in [3.8, 4) is 0 Å². The van der Waals surface area contributed by atoms with E-state index >= 15 is 0 Å². The summed E-state index contributed by atoms with van der Waals surface area (Å²) in [5.74, 6) is -0.206. The summed E-state index contributed by atoms with van der Waals surface area (Å²) >= 11 is 1.87. The third kappa shape index (κ3) is 3.18. The molecule has 1 aliphatic rings. The molecule has 0 saturated heterocycles. The largest absolute Gasteiger partial charge is 0.368 e. The third-order valence-corrected chi connectivity index (χ3v) is 5.50. The first-order valence-electron chi connectivity index (χ1n) is 7.25. The maximum Gasteiger partial charge on any atom is 0.237 e. The number of nitrogens with one attached hydrogen (secondary N) is 1. The number of amides is 1. The lowest BCUT2D eigenvalue weighted by atomic mass is 9.97. The Hall–Kier alpha value is -1.00. The number of hydrogen-bond acceptors (Lipinski definition) is 3. The molecule has 0 bridgehead atoms. The number of primary amides is 1. The van der Waals surface area contributed by atoms with Crippen LogP contribution in [-0.4, -0.2) is 23.2 Å². The van der Waals surface area contributed by atoms with Gasteiger partial charge in [0.15, 0.2) is 0 Å². The first kappa shape index (κ1) is 15.4. The Balaban J connectivity index is 2.05. The number of carbonyl (C=O) groups excluding carboxylic acids is 1. The monoisotopic (exact) mass is 292 g/mol. The Morgan fingerprint density at radius 3 is 2.80 bits per heavy atom. The molecule has 1 saturated carbocycles. The first-order chi connectivity index (χ1) is 9.47. The zero-order valence-corrected chi connectivity index (χ0v) is 13.3. The number of thioether (sulfide) groups is 1. The van der Waals surface area contributed by atoms with Crippen molar-refractivity contribution in [1.29, 1.82) is 0 Å². The highest BCUT2D eigenvalue weighted by atomic mass is 32.2. The van der Waals surface area contributed by atoms with Crippen LogP contribution in [0.25, 0.3) is 0 Å². The fraction of sp³-hybridized carbons (Fsp3) is 0.562. The van der Waals surface area contributed by atoms with Crippen LogP contribution in [0.15, 0.2) is 23.1 Å². The van der Waals surface area contributed by atoms with E-state index in [1.54, 1.807) is 0 Å². The lowest BCUT2D eigenvalue weighted by Gasteiger charge is -2.26. The Kier molecular flexibility index (Phi) is 4.76. The zero-order valence-electron chi connectivity index (χ0n) is 12.5. The minimum atomic E-state index is -0.494. The molecule has 2 unspecified atom stereocenters. The van der Waals surface area contributed by atoms with Gasteiger partial charge in [0.2, 0.25) is 5.91 Å². The highest BCUT2D eigenvalue weighted by Gasteiger charge is 2.43. The lowest BCUT2D eigenvalue weighted by molar-refractivity contribution is -0.124. The van der Waals surface area contributed by atoms with Crippen LogP contribution in [0.2, 0.25) is 0 Å². The molecular formula is C16H24N2OS. The molecule has 3 nitrogen and oxygen atoms in total. The van der Waals surface area contributed by atoms with Crippen molar-refractivity contribution in [2.24, 2.45) is 5.73 Å². The summed E-state index contributed by atoms with van der Waals surface area (Å²) in [7, 11) is 0. The summed E-state index contributed by atoms with van der Waals surface area (Å²) in [6, 6.07) is 6.57. The van der Waals surface area contributed by atoms with Crippen LogP contribution in [0, 0.1) is 13.8 Å². The Morgan fingerprint density at radius 1 is 1.45 bits per heavy atom. The number of nitrogens with two attached hydrogens (primary N) is 1. The molecule has 1 aromatic rings. The van der Waals surface area contributed by atoms with Crippen LogP contribution >= 0.6 is 11.8 Å². The molecular weight excluding hydrogens is 268 g/mol. The van der Waals surface area contributed by atoms with Gasteiger partial charge in [0.1, 0.15) is 0 Å². The molecule has 0 radical (unpaired) electrons. The van der Waals surface area contributed by atoms with E-state index in [0.29, 0.717) is 5.25 Å². The van der Waals surface area contributed by atoms with E-state index in [9.17, 15) is 4.79 Å². The van der Waals surface area contributed by atoms with Gasteiger partial charge >= 0.3 is 0 Å². The van der Waals surface area contributed by atoms with E-state index in [1.165, 1.54) is 16.0 Å². The van der Waals surface area contributed by atoms with Gasteiger partial charge in [-0.05, 0) is 62.9 Å². The second-order valence-corrected chi connectivity index (χ2v) is 7.08. The molecule has 0 aromatic heterocycles. The van der Waals surface area contributed by atoms with Gasteiger partial charge in [-0.3, -0.25) is 4.79 Å². The smallest absolute Gasteiger partial charge is 0.237 e. The normalized spacial score (nSPS) is 25.9. The summed E-state index contributed by atoms with van der Waals surface area (Å²) < 4.78 is 0. The molecule has 1 aromatic carbocycles. The van der Waals surface area contributed by atoms with Crippen molar-refractivity contribution in [2.45, 2.75) is 55.7 Å². The van der Waals surface area contributed by atoms with Crippen LogP contribution in [0.5, 0.6) is 0 Å². The molecule has 1 amide bonds. The van der Waals surface area contributed by atoms with Crippen LogP contribution in [0.1, 0.15) is 37.3 Å². The maximum absolute atomic E-state index is 11.8. The van der Waals surface area contributed by atoms with E-state index in [-0.39, 0.29) is 5.91 Å². The molecule has 1 fully saturated rings. The number of aryl methyl sites for hydroxylation is 2. The second-order valence-electron chi connectivity index (χ2n) is 5.71. The Morgan fingerprint density at radius 2 is 2.20 bits per heavy atom. The fourth-order valence-corrected chi connectivity index (χ4v) is 4.27. The van der Waals surface area contributed by atoms with E-state index < -0.39 is 5.54 Å². The average molecular weight is 292 g/mol. The highest BCUT2D eigenvalue weighted by Crippen LogP contribution is 2.40. The van der Waals surface area contributed by atoms with Gasteiger partial charge in [-0.1, -0.05) is 13.0 Å². The van der Waals surface area contributed by atoms with Crippen molar-refractivity contribution < 1.29 is 4.79 Å². The van der Waals surface area contributed by atoms with Gasteiger partial charge in [-0.2, -0.15) is 0 Å². The number of benzene rings is 1. The molecule has 1 aliphatic carbocycles. The van der Waals surface area contributed by atoms with Gasteiger partial charge in [0.05, 0.1) is 5.54 Å². The predicted molar refractivity (Wildman–Crippen MR) is 85.0 cm³/mol. The van der Waals surface area contributed by atoms with Gasteiger partial charge < -0.3 is 11.1 Å². The molecule has 3 N–H and O–H groups in total. The third-order valence-electron chi connectivity index (χ3n) is 4.24. The molecule has 110 valence electrons. The topological polar surface area (TPSA) is 55.1 Å². The summed E-state index contributed by atoms with van der Waals surface area (Å²) in [6.45, 7) is 7.07. The quantitative estimate of drug-likeness (QED) is 0.877. The summed E-state index contributed by atoms with van der Waals surface area (Å²) in [6.07, 6.45) is 2.71. The van der Waals surface area contributed by atoms with Gasteiger partial charge in [-0.25, -0.2) is 0 Å². The second kappa shape index (κ2) is 6.19. The zero-order chi connectivity index (χ0) is 14.8. The molecule has 4 heteroatoms. The van der Waals surface area contributed by atoms with E-state index in [1.807, 2.05) is 18.7 Å². The first-order valence-corrected chi connectivity index (χ1v) is 8.13. The number of rotatable bonds is 5. The van der Waals surface area contributed by atoms with E-state index in [0.717, 1.165) is 25.8 Å². The van der Waals surface area contributed by atoms with Crippen molar-refractivity contribution >= 4 is 17.7 Å². The summed E-state index contributed by atoms with van der Waals surface area (Å²) in [4.78, 5) is 13.0.